The minimum Gasteiger partial charge on any atom is -0.391 e. The lowest BCUT2D eigenvalue weighted by Gasteiger charge is -2.34. The highest BCUT2D eigenvalue weighted by molar-refractivity contribution is 7.89. The Morgan fingerprint density at radius 1 is 1.33 bits per heavy atom. The number of nitrogens with zero attached hydrogens (tertiary/aromatic N) is 1. The molecule has 6 nitrogen and oxygen atoms in total. The summed E-state index contributed by atoms with van der Waals surface area (Å²) in [6, 6.07) is 5.94. The molecule has 0 saturated carbocycles. The third-order valence-corrected chi connectivity index (χ3v) is 5.74. The van der Waals surface area contributed by atoms with E-state index in [1.54, 1.807) is 4.90 Å². The molecule has 2 unspecified atom stereocenters. The van der Waals surface area contributed by atoms with E-state index in [-0.39, 0.29) is 22.6 Å². The molecular weight excluding hydrogens is 328 g/mol. The number of aliphatic hydroxyl groups is 1. The summed E-state index contributed by atoms with van der Waals surface area (Å²) in [5.41, 5.74) is 0.430. The number of sulfonamides is 1. The van der Waals surface area contributed by atoms with Gasteiger partial charge in [0.05, 0.1) is 11.0 Å². The van der Waals surface area contributed by atoms with Crippen LogP contribution >= 0.6 is 0 Å². The van der Waals surface area contributed by atoms with Crippen LogP contribution in [0.1, 0.15) is 37.6 Å². The summed E-state index contributed by atoms with van der Waals surface area (Å²) in [5, 5.41) is 9.92. The quantitative estimate of drug-likeness (QED) is 0.838. The molecular formula is C17H26N2O4S. The van der Waals surface area contributed by atoms with Gasteiger partial charge in [0.25, 0.3) is 5.91 Å². The predicted octanol–water partition coefficient (Wildman–Crippen LogP) is 1.46. The molecule has 0 aliphatic carbocycles. The molecule has 1 heterocycles. The zero-order valence-corrected chi connectivity index (χ0v) is 15.2. The number of nitrogens with one attached hydrogen (secondary N) is 1. The maximum atomic E-state index is 12.5. The SMILES string of the molecule is CC(C)CNS(=O)(=O)c1ccc(C(=O)N2CCC(C)C(O)C2)cc1. The summed E-state index contributed by atoms with van der Waals surface area (Å²) in [5.74, 6) is 0.224. The molecule has 1 aromatic carbocycles. The van der Waals surface area contributed by atoms with Crippen molar-refractivity contribution in [2.24, 2.45) is 11.8 Å². The lowest BCUT2D eigenvalue weighted by atomic mass is 9.95. The average molecular weight is 354 g/mol. The highest BCUT2D eigenvalue weighted by atomic mass is 32.2. The zero-order chi connectivity index (χ0) is 17.9. The van der Waals surface area contributed by atoms with Crippen LogP contribution in [0.5, 0.6) is 0 Å². The van der Waals surface area contributed by atoms with Crippen molar-refractivity contribution < 1.29 is 18.3 Å². The molecule has 1 aliphatic rings. The number of carbonyl (C=O) groups excluding carboxylic acids is 1. The fourth-order valence-corrected chi connectivity index (χ4v) is 3.77. The van der Waals surface area contributed by atoms with E-state index in [2.05, 4.69) is 4.72 Å². The topological polar surface area (TPSA) is 86.7 Å². The highest BCUT2D eigenvalue weighted by Gasteiger charge is 2.28. The van der Waals surface area contributed by atoms with Gasteiger partial charge in [-0.3, -0.25) is 4.79 Å². The van der Waals surface area contributed by atoms with E-state index >= 15 is 0 Å². The monoisotopic (exact) mass is 354 g/mol. The fraction of sp³-hybridized carbons (Fsp3) is 0.588. The van der Waals surface area contributed by atoms with Crippen molar-refractivity contribution in [3.63, 3.8) is 0 Å². The van der Waals surface area contributed by atoms with E-state index in [9.17, 15) is 18.3 Å². The lowest BCUT2D eigenvalue weighted by molar-refractivity contribution is 0.0248. The largest absolute Gasteiger partial charge is 0.391 e. The number of β-amino-alcohol motifs (C(OH)–C–C–N with tert-alkyl or cyclic N) is 1. The summed E-state index contributed by atoms with van der Waals surface area (Å²) < 4.78 is 26.9. The van der Waals surface area contributed by atoms with Crippen molar-refractivity contribution in [1.29, 1.82) is 0 Å². The second-order valence-corrected chi connectivity index (χ2v) is 8.62. The standard InChI is InChI=1S/C17H26N2O4S/c1-12(2)10-18-24(22,23)15-6-4-14(5-7-15)17(21)19-9-8-13(3)16(20)11-19/h4-7,12-13,16,18,20H,8-11H2,1-3H3. The van der Waals surface area contributed by atoms with Crippen LogP contribution in [-0.4, -0.2) is 50.1 Å². The number of rotatable bonds is 5. The minimum atomic E-state index is -3.55. The van der Waals surface area contributed by atoms with Crippen molar-refractivity contribution in [1.82, 2.24) is 9.62 Å². The summed E-state index contributed by atoms with van der Waals surface area (Å²) in [6.45, 7) is 7.11. The normalized spacial score (nSPS) is 22.0. The summed E-state index contributed by atoms with van der Waals surface area (Å²) in [7, 11) is -3.55. The van der Waals surface area contributed by atoms with E-state index in [1.807, 2.05) is 20.8 Å². The predicted molar refractivity (Wildman–Crippen MR) is 92.2 cm³/mol. The van der Waals surface area contributed by atoms with Gasteiger partial charge in [0.15, 0.2) is 0 Å². The second kappa shape index (κ2) is 7.63. The van der Waals surface area contributed by atoms with Crippen LogP contribution in [0.15, 0.2) is 29.2 Å². The Balaban J connectivity index is 2.07. The molecule has 7 heteroatoms. The van der Waals surface area contributed by atoms with Gasteiger partial charge in [0, 0.05) is 25.2 Å². The molecule has 0 spiro atoms. The number of carbonyl (C=O) groups is 1. The highest BCUT2D eigenvalue weighted by Crippen LogP contribution is 2.19. The molecule has 2 rings (SSSR count). The molecule has 1 saturated heterocycles. The van der Waals surface area contributed by atoms with E-state index in [0.29, 0.717) is 25.2 Å². The van der Waals surface area contributed by atoms with Crippen LogP contribution in [0.3, 0.4) is 0 Å². The van der Waals surface area contributed by atoms with E-state index in [4.69, 9.17) is 0 Å². The second-order valence-electron chi connectivity index (χ2n) is 6.85. The van der Waals surface area contributed by atoms with Crippen molar-refractivity contribution in [2.45, 2.75) is 38.2 Å². The molecule has 1 aliphatic heterocycles. The van der Waals surface area contributed by atoms with Crippen molar-refractivity contribution in [3.05, 3.63) is 29.8 Å². The van der Waals surface area contributed by atoms with E-state index in [0.717, 1.165) is 6.42 Å². The molecule has 134 valence electrons. The molecule has 0 aromatic heterocycles. The van der Waals surface area contributed by atoms with Gasteiger partial charge in [0.2, 0.25) is 10.0 Å². The van der Waals surface area contributed by atoms with Gasteiger partial charge in [-0.2, -0.15) is 0 Å². The third-order valence-electron chi connectivity index (χ3n) is 4.30. The van der Waals surface area contributed by atoms with Crippen molar-refractivity contribution in [3.8, 4) is 0 Å². The molecule has 2 atom stereocenters. The van der Waals surface area contributed by atoms with Crippen LogP contribution in [0.2, 0.25) is 0 Å². The van der Waals surface area contributed by atoms with E-state index in [1.165, 1.54) is 24.3 Å². The van der Waals surface area contributed by atoms with Gasteiger partial charge in [0.1, 0.15) is 0 Å². The average Bonchev–Trinajstić information content (AvgIpc) is 2.55. The number of hydrogen-bond donors (Lipinski definition) is 2. The number of aliphatic hydroxyl groups excluding tert-OH is 1. The summed E-state index contributed by atoms with van der Waals surface area (Å²) >= 11 is 0. The number of likely N-dealkylation sites (tertiary alicyclic amines) is 1. The Morgan fingerprint density at radius 3 is 2.50 bits per heavy atom. The first kappa shape index (κ1) is 18.9. The smallest absolute Gasteiger partial charge is 0.253 e. The van der Waals surface area contributed by atoms with Gasteiger partial charge < -0.3 is 10.0 Å². The first-order valence-electron chi connectivity index (χ1n) is 8.28. The maximum Gasteiger partial charge on any atom is 0.253 e. The van der Waals surface area contributed by atoms with Gasteiger partial charge in [-0.15, -0.1) is 0 Å². The zero-order valence-electron chi connectivity index (χ0n) is 14.4. The van der Waals surface area contributed by atoms with Crippen LogP contribution in [0.4, 0.5) is 0 Å². The molecule has 1 aromatic rings. The van der Waals surface area contributed by atoms with E-state index < -0.39 is 16.1 Å². The van der Waals surface area contributed by atoms with Gasteiger partial charge >= 0.3 is 0 Å². The number of amides is 1. The Kier molecular flexibility index (Phi) is 6.01. The van der Waals surface area contributed by atoms with Crippen molar-refractivity contribution in [2.75, 3.05) is 19.6 Å². The number of benzene rings is 1. The van der Waals surface area contributed by atoms with Crippen molar-refractivity contribution >= 4 is 15.9 Å². The Bertz CT molecular complexity index is 670. The Labute approximate surface area is 143 Å². The van der Waals surface area contributed by atoms with Crippen LogP contribution in [-0.2, 0) is 10.0 Å². The number of hydrogen-bond acceptors (Lipinski definition) is 4. The van der Waals surface area contributed by atoms with Gasteiger partial charge in [-0.25, -0.2) is 13.1 Å². The van der Waals surface area contributed by atoms with Crippen LogP contribution < -0.4 is 4.72 Å². The number of piperidine rings is 1. The van der Waals surface area contributed by atoms with Gasteiger partial charge in [-0.05, 0) is 42.5 Å². The maximum absolute atomic E-state index is 12.5. The summed E-state index contributed by atoms with van der Waals surface area (Å²) in [4.78, 5) is 14.2. The fourth-order valence-electron chi connectivity index (χ4n) is 2.55. The Hall–Kier alpha value is -1.44. The molecule has 24 heavy (non-hydrogen) atoms. The first-order chi connectivity index (χ1) is 11.2. The van der Waals surface area contributed by atoms with Gasteiger partial charge in [-0.1, -0.05) is 20.8 Å². The Morgan fingerprint density at radius 2 is 1.96 bits per heavy atom. The molecule has 1 fully saturated rings. The van der Waals surface area contributed by atoms with Crippen LogP contribution in [0, 0.1) is 11.8 Å². The molecule has 0 radical (unpaired) electrons. The molecule has 0 bridgehead atoms. The van der Waals surface area contributed by atoms with Crippen LogP contribution in [0.25, 0.3) is 0 Å². The lowest BCUT2D eigenvalue weighted by Crippen LogP contribution is -2.45. The minimum absolute atomic E-state index is 0.145. The third kappa shape index (κ3) is 4.55. The molecule has 1 amide bonds. The molecule has 2 N–H and O–H groups in total. The first-order valence-corrected chi connectivity index (χ1v) is 9.76. The summed E-state index contributed by atoms with van der Waals surface area (Å²) in [6.07, 6.45) is 0.251.